The number of ether oxygens (including phenoxy) is 1. The van der Waals surface area contributed by atoms with Crippen LogP contribution in [-0.4, -0.2) is 7.11 Å². The lowest BCUT2D eigenvalue weighted by Crippen LogP contribution is -1.92. The molecule has 2 nitrogen and oxygen atoms in total. The second-order valence-corrected chi connectivity index (χ2v) is 4.83. The fourth-order valence-electron chi connectivity index (χ4n) is 0.749. The molecule has 5 heteroatoms. The second kappa shape index (κ2) is 4.35. The molecule has 66 valence electrons. The predicted molar refractivity (Wildman–Crippen MR) is 58.3 cm³/mol. The van der Waals surface area contributed by atoms with Gasteiger partial charge < -0.3 is 4.74 Å². The average molecular weight is 315 g/mol. The van der Waals surface area contributed by atoms with Gasteiger partial charge >= 0.3 is 0 Å². The Morgan fingerprint density at radius 2 is 2.08 bits per heavy atom. The van der Waals surface area contributed by atoms with Gasteiger partial charge in [0.1, 0.15) is 5.75 Å². The summed E-state index contributed by atoms with van der Waals surface area (Å²) in [4.78, 5) is 0. The van der Waals surface area contributed by atoms with Crippen molar-refractivity contribution in [2.24, 2.45) is 0 Å². The van der Waals surface area contributed by atoms with Crippen molar-refractivity contribution in [3.63, 3.8) is 0 Å². The number of methoxy groups -OCH3 is 1. The number of halogens is 3. The highest BCUT2D eigenvalue weighted by Crippen LogP contribution is 2.33. The van der Waals surface area contributed by atoms with E-state index < -0.39 is 0 Å². The molecule has 0 saturated carbocycles. The van der Waals surface area contributed by atoms with E-state index in [1.807, 2.05) is 6.07 Å². The van der Waals surface area contributed by atoms with Gasteiger partial charge in [-0.1, -0.05) is 11.6 Å². The van der Waals surface area contributed by atoms with Crippen LogP contribution in [0.3, 0.4) is 0 Å². The number of anilines is 1. The summed E-state index contributed by atoms with van der Waals surface area (Å²) >= 11 is 12.3. The molecule has 0 saturated heterocycles. The van der Waals surface area contributed by atoms with E-state index in [0.29, 0.717) is 5.02 Å². The molecule has 1 rings (SSSR count). The third kappa shape index (κ3) is 2.28. The largest absolute Gasteiger partial charge is 0.497 e. The van der Waals surface area contributed by atoms with Crippen molar-refractivity contribution in [2.45, 2.75) is 0 Å². The van der Waals surface area contributed by atoms with Gasteiger partial charge in [-0.2, -0.15) is 0 Å². The molecule has 1 aromatic rings. The minimum Gasteiger partial charge on any atom is -0.497 e. The van der Waals surface area contributed by atoms with E-state index >= 15 is 0 Å². The van der Waals surface area contributed by atoms with Crippen LogP contribution < -0.4 is 7.69 Å². The molecule has 0 N–H and O–H groups in total. The highest BCUT2D eigenvalue weighted by atomic mass is 79.9. The van der Waals surface area contributed by atoms with Gasteiger partial charge in [0, 0.05) is 6.07 Å². The van der Waals surface area contributed by atoms with Gasteiger partial charge in [0.15, 0.2) is 0 Å². The maximum atomic E-state index is 5.89. The molecular formula is C7H6Br2ClNO. The summed E-state index contributed by atoms with van der Waals surface area (Å²) < 4.78 is 6.61. The molecule has 0 unspecified atom stereocenters. The monoisotopic (exact) mass is 313 g/mol. The lowest BCUT2D eigenvalue weighted by Gasteiger charge is -2.10. The average Bonchev–Trinajstić information content (AvgIpc) is 2.05. The third-order valence-electron chi connectivity index (χ3n) is 1.34. The zero-order chi connectivity index (χ0) is 9.14. The van der Waals surface area contributed by atoms with Gasteiger partial charge in [-0.25, -0.2) is 2.95 Å². The number of hydrogen-bond donors (Lipinski definition) is 0. The minimum atomic E-state index is 0.643. The lowest BCUT2D eigenvalue weighted by atomic mass is 10.3. The van der Waals surface area contributed by atoms with Crippen LogP contribution in [0.15, 0.2) is 18.2 Å². The molecular weight excluding hydrogens is 309 g/mol. The van der Waals surface area contributed by atoms with E-state index in [1.165, 1.54) is 0 Å². The molecule has 0 spiro atoms. The maximum Gasteiger partial charge on any atom is 0.121 e. The molecule has 0 fully saturated rings. The van der Waals surface area contributed by atoms with Crippen LogP contribution in [0.4, 0.5) is 5.69 Å². The third-order valence-corrected chi connectivity index (χ3v) is 2.42. The molecule has 0 atom stereocenters. The molecule has 0 heterocycles. The van der Waals surface area contributed by atoms with E-state index in [0.717, 1.165) is 11.4 Å². The van der Waals surface area contributed by atoms with Gasteiger partial charge in [0.2, 0.25) is 0 Å². The number of hydrogen-bond acceptors (Lipinski definition) is 2. The Bertz CT molecular complexity index is 280. The first-order valence-corrected chi connectivity index (χ1v) is 4.90. The summed E-state index contributed by atoms with van der Waals surface area (Å²) in [6, 6.07) is 5.38. The summed E-state index contributed by atoms with van der Waals surface area (Å²) in [5.74, 6) is 0.762. The van der Waals surface area contributed by atoms with Crippen LogP contribution >= 0.6 is 43.9 Å². The smallest absolute Gasteiger partial charge is 0.121 e. The Morgan fingerprint density at radius 1 is 1.42 bits per heavy atom. The molecule has 12 heavy (non-hydrogen) atoms. The molecule has 0 amide bonds. The molecule has 0 aliphatic heterocycles. The van der Waals surface area contributed by atoms with Gasteiger partial charge in [-0.05, 0) is 12.1 Å². The fraction of sp³-hybridized carbons (Fsp3) is 0.143. The van der Waals surface area contributed by atoms with Crippen LogP contribution in [-0.2, 0) is 0 Å². The highest BCUT2D eigenvalue weighted by Gasteiger charge is 2.05. The maximum absolute atomic E-state index is 5.89. The Balaban J connectivity index is 3.08. The summed E-state index contributed by atoms with van der Waals surface area (Å²) in [6.07, 6.45) is 0. The van der Waals surface area contributed by atoms with Crippen molar-refractivity contribution >= 4 is 49.6 Å². The van der Waals surface area contributed by atoms with Crippen molar-refractivity contribution in [1.82, 2.24) is 0 Å². The van der Waals surface area contributed by atoms with Crippen LogP contribution in [0.2, 0.25) is 5.02 Å². The van der Waals surface area contributed by atoms with Crippen molar-refractivity contribution in [3.05, 3.63) is 23.2 Å². The van der Waals surface area contributed by atoms with Crippen molar-refractivity contribution in [3.8, 4) is 5.75 Å². The van der Waals surface area contributed by atoms with E-state index in [-0.39, 0.29) is 0 Å². The topological polar surface area (TPSA) is 12.5 Å². The van der Waals surface area contributed by atoms with Gasteiger partial charge in [-0.15, -0.1) is 0 Å². The summed E-state index contributed by atoms with van der Waals surface area (Å²) in [5, 5.41) is 0.643. The molecule has 0 aliphatic carbocycles. The molecule has 0 aliphatic rings. The first-order valence-electron chi connectivity index (χ1n) is 3.10. The molecule has 0 bridgehead atoms. The Kier molecular flexibility index (Phi) is 3.68. The van der Waals surface area contributed by atoms with Crippen LogP contribution in [0.1, 0.15) is 0 Å². The quantitative estimate of drug-likeness (QED) is 0.770. The fourth-order valence-corrected chi connectivity index (χ4v) is 1.74. The molecule has 0 radical (unpaired) electrons. The normalized spacial score (nSPS) is 9.67. The number of nitrogens with zero attached hydrogens (tertiary/aromatic N) is 1. The van der Waals surface area contributed by atoms with E-state index in [1.54, 1.807) is 22.2 Å². The van der Waals surface area contributed by atoms with Crippen molar-refractivity contribution < 1.29 is 4.74 Å². The zero-order valence-corrected chi connectivity index (χ0v) is 10.1. The van der Waals surface area contributed by atoms with E-state index in [2.05, 4.69) is 32.3 Å². The first-order chi connectivity index (χ1) is 5.65. The Labute approximate surface area is 93.1 Å². The van der Waals surface area contributed by atoms with Crippen LogP contribution in [0.5, 0.6) is 5.75 Å². The van der Waals surface area contributed by atoms with Crippen molar-refractivity contribution in [1.29, 1.82) is 0 Å². The lowest BCUT2D eigenvalue weighted by molar-refractivity contribution is 0.415. The van der Waals surface area contributed by atoms with Crippen LogP contribution in [0, 0.1) is 0 Å². The van der Waals surface area contributed by atoms with E-state index in [4.69, 9.17) is 16.3 Å². The minimum absolute atomic E-state index is 0.643. The second-order valence-electron chi connectivity index (χ2n) is 2.05. The summed E-state index contributed by atoms with van der Waals surface area (Å²) in [7, 11) is 1.61. The SMILES string of the molecule is COc1ccc(Cl)c(N(Br)Br)c1. The Morgan fingerprint density at radius 3 is 2.58 bits per heavy atom. The van der Waals surface area contributed by atoms with Gasteiger partial charge in [0.25, 0.3) is 0 Å². The molecule has 0 aromatic heterocycles. The van der Waals surface area contributed by atoms with Crippen LogP contribution in [0.25, 0.3) is 0 Å². The zero-order valence-electron chi connectivity index (χ0n) is 6.22. The van der Waals surface area contributed by atoms with Crippen molar-refractivity contribution in [2.75, 3.05) is 10.1 Å². The number of benzene rings is 1. The summed E-state index contributed by atoms with van der Waals surface area (Å²) in [6.45, 7) is 0. The molecule has 1 aromatic carbocycles. The van der Waals surface area contributed by atoms with Gasteiger partial charge in [0.05, 0.1) is 50.1 Å². The Hall–Kier alpha value is 0.0700. The highest BCUT2D eigenvalue weighted by molar-refractivity contribution is 9.25. The summed E-state index contributed by atoms with van der Waals surface area (Å²) in [5.41, 5.74) is 0.802. The van der Waals surface area contributed by atoms with Gasteiger partial charge in [-0.3, -0.25) is 0 Å². The standard InChI is InChI=1S/C7H6Br2ClNO/c1-12-5-2-3-6(10)7(4-5)11(8)9/h2-4H,1H3. The first kappa shape index (κ1) is 10.2. The number of rotatable bonds is 2. The predicted octanol–water partition coefficient (Wildman–Crippen LogP) is 3.77. The van der Waals surface area contributed by atoms with E-state index in [9.17, 15) is 0 Å².